The van der Waals surface area contributed by atoms with E-state index in [1.807, 2.05) is 0 Å². The van der Waals surface area contributed by atoms with Crippen molar-refractivity contribution in [3.63, 3.8) is 0 Å². The number of rotatable bonds is 3. The van der Waals surface area contributed by atoms with E-state index < -0.39 is 0 Å². The lowest BCUT2D eigenvalue weighted by Crippen LogP contribution is -2.10. The number of anilines is 1. The molecule has 0 bridgehead atoms. The van der Waals surface area contributed by atoms with Crippen molar-refractivity contribution in [1.82, 2.24) is 0 Å². The fraction of sp³-hybridized carbons (Fsp3) is 0.333. The van der Waals surface area contributed by atoms with Gasteiger partial charge in [-0.2, -0.15) is 0 Å². The Kier molecular flexibility index (Phi) is 4.74. The lowest BCUT2D eigenvalue weighted by molar-refractivity contribution is 0.868. The molecule has 0 spiro atoms. The summed E-state index contributed by atoms with van der Waals surface area (Å²) in [7, 11) is 0. The topological polar surface area (TPSA) is 12.0 Å². The van der Waals surface area contributed by atoms with Gasteiger partial charge >= 0.3 is 0 Å². The van der Waals surface area contributed by atoms with E-state index in [9.17, 15) is 0 Å². The summed E-state index contributed by atoms with van der Waals surface area (Å²) in [6, 6.07) is 11.4. The predicted molar refractivity (Wildman–Crippen MR) is 96.6 cm³/mol. The Morgan fingerprint density at radius 2 is 1.50 bits per heavy atom. The summed E-state index contributed by atoms with van der Waals surface area (Å²) in [5.41, 5.74) is 7.98. The summed E-state index contributed by atoms with van der Waals surface area (Å²) in [4.78, 5) is 0. The SMILES string of the molecule is Cc1cc(C)c(C(C)Nc2ccc(I)cc2C)cc1C. The zero-order valence-corrected chi connectivity index (χ0v) is 15.0. The van der Waals surface area contributed by atoms with Gasteiger partial charge in [-0.1, -0.05) is 12.1 Å². The third-order valence-corrected chi connectivity index (χ3v) is 4.58. The Balaban J connectivity index is 2.28. The minimum absolute atomic E-state index is 0.313. The maximum atomic E-state index is 3.64. The smallest absolute Gasteiger partial charge is 0.0488 e. The second-order valence-electron chi connectivity index (χ2n) is 5.62. The molecule has 1 unspecified atom stereocenters. The number of hydrogen-bond acceptors (Lipinski definition) is 1. The van der Waals surface area contributed by atoms with Gasteiger partial charge in [0.15, 0.2) is 0 Å². The molecular formula is C18H22IN. The molecule has 0 aliphatic rings. The molecule has 0 fully saturated rings. The van der Waals surface area contributed by atoms with E-state index in [-0.39, 0.29) is 0 Å². The van der Waals surface area contributed by atoms with Crippen molar-refractivity contribution in [1.29, 1.82) is 0 Å². The average molecular weight is 379 g/mol. The summed E-state index contributed by atoms with van der Waals surface area (Å²) in [6.45, 7) is 10.9. The summed E-state index contributed by atoms with van der Waals surface area (Å²) < 4.78 is 1.28. The van der Waals surface area contributed by atoms with Crippen molar-refractivity contribution in [3.05, 3.63) is 61.7 Å². The van der Waals surface area contributed by atoms with Crippen LogP contribution in [0.3, 0.4) is 0 Å². The van der Waals surface area contributed by atoms with Crippen molar-refractivity contribution in [2.45, 2.75) is 40.7 Å². The number of hydrogen-bond donors (Lipinski definition) is 1. The molecule has 106 valence electrons. The van der Waals surface area contributed by atoms with Crippen molar-refractivity contribution < 1.29 is 0 Å². The molecule has 0 aliphatic heterocycles. The maximum Gasteiger partial charge on any atom is 0.0488 e. The molecule has 0 saturated carbocycles. The Bertz CT molecular complexity index is 632. The lowest BCUT2D eigenvalue weighted by atomic mass is 9.96. The lowest BCUT2D eigenvalue weighted by Gasteiger charge is -2.21. The summed E-state index contributed by atoms with van der Waals surface area (Å²) in [5, 5.41) is 3.64. The molecule has 20 heavy (non-hydrogen) atoms. The predicted octanol–water partition coefficient (Wildman–Crippen LogP) is 5.70. The zero-order valence-electron chi connectivity index (χ0n) is 12.8. The van der Waals surface area contributed by atoms with Crippen LogP contribution in [0.25, 0.3) is 0 Å². The third-order valence-electron chi connectivity index (χ3n) is 3.91. The van der Waals surface area contributed by atoms with Gasteiger partial charge in [0.25, 0.3) is 0 Å². The number of aryl methyl sites for hydroxylation is 4. The van der Waals surface area contributed by atoms with Gasteiger partial charge in [-0.15, -0.1) is 0 Å². The van der Waals surface area contributed by atoms with E-state index in [1.165, 1.54) is 37.1 Å². The molecule has 2 rings (SSSR count). The van der Waals surface area contributed by atoms with Crippen LogP contribution in [0.1, 0.15) is 40.8 Å². The van der Waals surface area contributed by atoms with Crippen molar-refractivity contribution in [3.8, 4) is 0 Å². The van der Waals surface area contributed by atoms with E-state index in [0.29, 0.717) is 6.04 Å². The van der Waals surface area contributed by atoms with Crippen molar-refractivity contribution in [2.24, 2.45) is 0 Å². The normalized spacial score (nSPS) is 12.3. The van der Waals surface area contributed by atoms with Crippen molar-refractivity contribution in [2.75, 3.05) is 5.32 Å². The first-order valence-corrected chi connectivity index (χ1v) is 8.07. The van der Waals surface area contributed by atoms with Crippen LogP contribution >= 0.6 is 22.6 Å². The Morgan fingerprint density at radius 3 is 2.15 bits per heavy atom. The van der Waals surface area contributed by atoms with Crippen LogP contribution in [0.4, 0.5) is 5.69 Å². The molecule has 0 saturated heterocycles. The molecule has 1 N–H and O–H groups in total. The van der Waals surface area contributed by atoms with Crippen LogP contribution in [0.15, 0.2) is 30.3 Å². The highest BCUT2D eigenvalue weighted by molar-refractivity contribution is 14.1. The molecule has 1 atom stereocenters. The fourth-order valence-corrected chi connectivity index (χ4v) is 3.20. The minimum atomic E-state index is 0.313. The highest BCUT2D eigenvalue weighted by Crippen LogP contribution is 2.27. The van der Waals surface area contributed by atoms with Gasteiger partial charge in [0.1, 0.15) is 0 Å². The molecule has 1 nitrogen and oxygen atoms in total. The standard InChI is InChI=1S/C18H22IN/c1-11-8-13(3)17(10-12(11)2)15(5)20-18-7-6-16(19)9-14(18)4/h6-10,15,20H,1-5H3. The number of benzene rings is 2. The monoisotopic (exact) mass is 379 g/mol. The highest BCUT2D eigenvalue weighted by Gasteiger charge is 2.11. The second kappa shape index (κ2) is 6.17. The first kappa shape index (κ1) is 15.4. The van der Waals surface area contributed by atoms with Gasteiger partial charge in [0.2, 0.25) is 0 Å². The first-order chi connectivity index (χ1) is 9.38. The average Bonchev–Trinajstić information content (AvgIpc) is 2.37. The quantitative estimate of drug-likeness (QED) is 0.675. The third kappa shape index (κ3) is 3.35. The summed E-state index contributed by atoms with van der Waals surface area (Å²) in [5.74, 6) is 0. The van der Waals surface area contributed by atoms with E-state index >= 15 is 0 Å². The second-order valence-corrected chi connectivity index (χ2v) is 6.86. The minimum Gasteiger partial charge on any atom is -0.378 e. The fourth-order valence-electron chi connectivity index (χ4n) is 2.55. The molecular weight excluding hydrogens is 357 g/mol. The zero-order chi connectivity index (χ0) is 14.9. The molecule has 2 aromatic carbocycles. The van der Waals surface area contributed by atoms with Crippen LogP contribution in [0.2, 0.25) is 0 Å². The molecule has 0 radical (unpaired) electrons. The molecule has 0 aromatic heterocycles. The van der Waals surface area contributed by atoms with Crippen LogP contribution < -0.4 is 5.32 Å². The van der Waals surface area contributed by atoms with E-state index in [1.54, 1.807) is 0 Å². The summed E-state index contributed by atoms with van der Waals surface area (Å²) in [6.07, 6.45) is 0. The van der Waals surface area contributed by atoms with E-state index in [4.69, 9.17) is 0 Å². The van der Waals surface area contributed by atoms with Crippen LogP contribution in [0.5, 0.6) is 0 Å². The van der Waals surface area contributed by atoms with Gasteiger partial charge < -0.3 is 5.32 Å². The maximum absolute atomic E-state index is 3.64. The van der Waals surface area contributed by atoms with Gasteiger partial charge in [-0.25, -0.2) is 0 Å². The number of halogens is 1. The van der Waals surface area contributed by atoms with Crippen molar-refractivity contribution >= 4 is 28.3 Å². The molecule has 0 amide bonds. The van der Waals surface area contributed by atoms with Gasteiger partial charge in [0.05, 0.1) is 0 Å². The molecule has 0 heterocycles. The highest BCUT2D eigenvalue weighted by atomic mass is 127. The van der Waals surface area contributed by atoms with E-state index in [0.717, 1.165) is 0 Å². The van der Waals surface area contributed by atoms with Gasteiger partial charge in [-0.05, 0) is 103 Å². The molecule has 2 aromatic rings. The van der Waals surface area contributed by atoms with Crippen LogP contribution in [0, 0.1) is 31.3 Å². The Morgan fingerprint density at radius 1 is 0.850 bits per heavy atom. The molecule has 0 aliphatic carbocycles. The van der Waals surface area contributed by atoms with Gasteiger partial charge in [-0.3, -0.25) is 0 Å². The molecule has 2 heteroatoms. The first-order valence-electron chi connectivity index (χ1n) is 6.99. The Hall–Kier alpha value is -1.03. The van der Waals surface area contributed by atoms with Gasteiger partial charge in [0, 0.05) is 15.3 Å². The van der Waals surface area contributed by atoms with E-state index in [2.05, 4.69) is 92.9 Å². The van der Waals surface area contributed by atoms with Crippen LogP contribution in [-0.4, -0.2) is 0 Å². The number of nitrogens with one attached hydrogen (secondary N) is 1. The summed E-state index contributed by atoms with van der Waals surface area (Å²) >= 11 is 2.35. The van der Waals surface area contributed by atoms with Crippen LogP contribution in [-0.2, 0) is 0 Å². The Labute approximate surface area is 135 Å². The largest absolute Gasteiger partial charge is 0.378 e.